The number of aromatic nitrogens is 1. The number of ether oxygens (including phenoxy) is 4. The van der Waals surface area contributed by atoms with Gasteiger partial charge in [-0.15, -0.1) is 0 Å². The molecule has 4 aromatic rings. The Kier molecular flexibility index (Phi) is 9.65. The van der Waals surface area contributed by atoms with Crippen LogP contribution in [-0.2, 0) is 16.1 Å². The SMILES string of the molecule is CCOC(=O)C1=C(C)N=c2s/c(=C\c3ccc(OCc4ccc(F)cc4)c(Br)c3)c(=O)n2[C@@H]1c1ccc(OC)c(OCC)c1. The molecular weight excluding hydrogens is 651 g/mol. The van der Waals surface area contributed by atoms with E-state index in [4.69, 9.17) is 18.9 Å². The van der Waals surface area contributed by atoms with Crippen LogP contribution in [0.4, 0.5) is 4.39 Å². The third-order valence-electron chi connectivity index (χ3n) is 6.88. The van der Waals surface area contributed by atoms with Crippen molar-refractivity contribution in [2.75, 3.05) is 20.3 Å². The molecule has 44 heavy (non-hydrogen) atoms. The van der Waals surface area contributed by atoms with E-state index >= 15 is 0 Å². The second-order valence-electron chi connectivity index (χ2n) is 9.75. The number of methoxy groups -OCH3 is 1. The summed E-state index contributed by atoms with van der Waals surface area (Å²) in [5, 5.41) is 0. The Morgan fingerprint density at radius 2 is 1.77 bits per heavy atom. The maximum atomic E-state index is 14.0. The Hall–Kier alpha value is -4.22. The van der Waals surface area contributed by atoms with Crippen LogP contribution in [0.1, 0.15) is 43.5 Å². The number of halogens is 2. The molecule has 0 bridgehead atoms. The minimum absolute atomic E-state index is 0.179. The second-order valence-corrected chi connectivity index (χ2v) is 11.6. The predicted octanol–water partition coefficient (Wildman–Crippen LogP) is 5.69. The van der Waals surface area contributed by atoms with E-state index in [1.807, 2.05) is 25.1 Å². The molecule has 0 saturated heterocycles. The van der Waals surface area contributed by atoms with Crippen LogP contribution in [0, 0.1) is 5.82 Å². The van der Waals surface area contributed by atoms with Crippen molar-refractivity contribution in [1.29, 1.82) is 0 Å². The van der Waals surface area contributed by atoms with E-state index in [2.05, 4.69) is 20.9 Å². The quantitative estimate of drug-likeness (QED) is 0.200. The van der Waals surface area contributed by atoms with Crippen LogP contribution >= 0.6 is 27.3 Å². The first-order chi connectivity index (χ1) is 21.2. The van der Waals surface area contributed by atoms with Gasteiger partial charge in [-0.3, -0.25) is 9.36 Å². The number of benzene rings is 3. The van der Waals surface area contributed by atoms with Crippen molar-refractivity contribution in [2.45, 2.75) is 33.4 Å². The first-order valence-corrected chi connectivity index (χ1v) is 15.5. The lowest BCUT2D eigenvalue weighted by Gasteiger charge is -2.25. The molecule has 0 amide bonds. The summed E-state index contributed by atoms with van der Waals surface area (Å²) in [6.07, 6.45) is 1.78. The molecule has 1 aromatic heterocycles. The molecule has 2 heterocycles. The number of esters is 1. The van der Waals surface area contributed by atoms with Gasteiger partial charge in [-0.25, -0.2) is 14.2 Å². The molecule has 0 spiro atoms. The number of fused-ring (bicyclic) bond motifs is 1. The molecule has 11 heteroatoms. The summed E-state index contributed by atoms with van der Waals surface area (Å²) in [6, 6.07) is 16.2. The van der Waals surface area contributed by atoms with Crippen molar-refractivity contribution in [3.05, 3.63) is 119 Å². The van der Waals surface area contributed by atoms with Gasteiger partial charge in [0.2, 0.25) is 0 Å². The first-order valence-electron chi connectivity index (χ1n) is 13.9. The second kappa shape index (κ2) is 13.6. The number of rotatable bonds is 10. The van der Waals surface area contributed by atoms with Gasteiger partial charge in [0, 0.05) is 0 Å². The van der Waals surface area contributed by atoms with Crippen molar-refractivity contribution in [2.24, 2.45) is 4.99 Å². The van der Waals surface area contributed by atoms with Gasteiger partial charge in [-0.2, -0.15) is 0 Å². The summed E-state index contributed by atoms with van der Waals surface area (Å²) in [6.45, 7) is 6.20. The fourth-order valence-electron chi connectivity index (χ4n) is 4.86. The fourth-order valence-corrected chi connectivity index (χ4v) is 6.41. The number of hydrogen-bond donors (Lipinski definition) is 0. The third-order valence-corrected chi connectivity index (χ3v) is 8.48. The van der Waals surface area contributed by atoms with Crippen LogP contribution in [0.3, 0.4) is 0 Å². The normalized spacial score (nSPS) is 14.6. The third kappa shape index (κ3) is 6.48. The first kappa shape index (κ1) is 31.2. The van der Waals surface area contributed by atoms with Crippen LogP contribution in [0.25, 0.3) is 6.08 Å². The summed E-state index contributed by atoms with van der Waals surface area (Å²) >= 11 is 4.79. The summed E-state index contributed by atoms with van der Waals surface area (Å²) < 4.78 is 38.4. The lowest BCUT2D eigenvalue weighted by molar-refractivity contribution is -0.139. The molecule has 8 nitrogen and oxygen atoms in total. The van der Waals surface area contributed by atoms with Crippen LogP contribution in [-0.4, -0.2) is 30.9 Å². The topological polar surface area (TPSA) is 88.4 Å². The van der Waals surface area contributed by atoms with Crippen LogP contribution in [0.15, 0.2) is 86.2 Å². The number of carbonyl (C=O) groups is 1. The number of allylic oxidation sites excluding steroid dienone is 1. The summed E-state index contributed by atoms with van der Waals surface area (Å²) in [5.41, 5.74) is 2.71. The van der Waals surface area contributed by atoms with Crippen LogP contribution in [0.5, 0.6) is 17.2 Å². The Balaban J connectivity index is 1.55. The molecule has 3 aromatic carbocycles. The summed E-state index contributed by atoms with van der Waals surface area (Å²) in [5.74, 6) is 0.799. The van der Waals surface area contributed by atoms with Gasteiger partial charge in [0.25, 0.3) is 5.56 Å². The van der Waals surface area contributed by atoms with E-state index in [0.717, 1.165) is 11.1 Å². The van der Waals surface area contributed by atoms with Gasteiger partial charge in [-0.1, -0.05) is 35.6 Å². The predicted molar refractivity (Wildman–Crippen MR) is 169 cm³/mol. The Morgan fingerprint density at radius 3 is 2.45 bits per heavy atom. The molecule has 0 N–H and O–H groups in total. The zero-order valence-electron chi connectivity index (χ0n) is 24.6. The molecule has 5 rings (SSSR count). The minimum Gasteiger partial charge on any atom is -0.493 e. The number of thiazole rings is 1. The maximum Gasteiger partial charge on any atom is 0.338 e. The molecule has 1 atom stereocenters. The van der Waals surface area contributed by atoms with E-state index in [0.29, 0.717) is 48.9 Å². The van der Waals surface area contributed by atoms with Gasteiger partial charge in [0.15, 0.2) is 16.3 Å². The van der Waals surface area contributed by atoms with Crippen molar-refractivity contribution in [3.63, 3.8) is 0 Å². The van der Waals surface area contributed by atoms with Gasteiger partial charge in [0.1, 0.15) is 18.2 Å². The number of carbonyl (C=O) groups excluding carboxylic acids is 1. The Labute approximate surface area is 265 Å². The molecule has 1 aliphatic rings. The molecule has 228 valence electrons. The smallest absolute Gasteiger partial charge is 0.338 e. The number of nitrogens with zero attached hydrogens (tertiary/aromatic N) is 2. The maximum absolute atomic E-state index is 14.0. The van der Waals surface area contributed by atoms with Gasteiger partial charge in [-0.05, 0) is 95.9 Å². The molecule has 0 unspecified atom stereocenters. The van der Waals surface area contributed by atoms with Crippen molar-refractivity contribution < 1.29 is 28.1 Å². The Morgan fingerprint density at radius 1 is 1.02 bits per heavy atom. The molecular formula is C33H30BrFN2O6S. The zero-order valence-corrected chi connectivity index (χ0v) is 27.0. The summed E-state index contributed by atoms with van der Waals surface area (Å²) in [7, 11) is 1.55. The van der Waals surface area contributed by atoms with Crippen LogP contribution in [0.2, 0.25) is 0 Å². The van der Waals surface area contributed by atoms with E-state index in [1.165, 1.54) is 28.0 Å². The van der Waals surface area contributed by atoms with Crippen molar-refractivity contribution in [3.8, 4) is 17.2 Å². The van der Waals surface area contributed by atoms with E-state index < -0.39 is 12.0 Å². The molecule has 0 fully saturated rings. The van der Waals surface area contributed by atoms with Crippen molar-refractivity contribution >= 4 is 39.3 Å². The van der Waals surface area contributed by atoms with Gasteiger partial charge >= 0.3 is 5.97 Å². The Bertz CT molecular complexity index is 1920. The monoisotopic (exact) mass is 680 g/mol. The van der Waals surface area contributed by atoms with E-state index in [1.54, 1.807) is 57.4 Å². The van der Waals surface area contributed by atoms with E-state index in [-0.39, 0.29) is 30.2 Å². The van der Waals surface area contributed by atoms with Crippen LogP contribution < -0.4 is 29.1 Å². The molecule has 0 saturated carbocycles. The average molecular weight is 682 g/mol. The highest BCUT2D eigenvalue weighted by molar-refractivity contribution is 9.10. The molecule has 0 radical (unpaired) electrons. The standard InChI is InChI=1S/C33H30BrFN2O6S/c1-5-41-27-17-22(10-14-26(27)40-4)30-29(32(39)42-6-2)19(3)36-33-37(30)31(38)28(44-33)16-21-9-13-25(24(34)15-21)43-18-20-7-11-23(35)12-8-20/h7-17,30H,5-6,18H2,1-4H3/b28-16-/t30-/m1/s1. The highest BCUT2D eigenvalue weighted by atomic mass is 79.9. The lowest BCUT2D eigenvalue weighted by Crippen LogP contribution is -2.40. The average Bonchev–Trinajstić information content (AvgIpc) is 3.30. The van der Waals surface area contributed by atoms with Gasteiger partial charge < -0.3 is 18.9 Å². The zero-order chi connectivity index (χ0) is 31.4. The lowest BCUT2D eigenvalue weighted by atomic mass is 9.95. The van der Waals surface area contributed by atoms with Crippen molar-refractivity contribution in [1.82, 2.24) is 4.57 Å². The number of hydrogen-bond acceptors (Lipinski definition) is 8. The minimum atomic E-state index is -0.786. The fraction of sp³-hybridized carbons (Fsp3) is 0.242. The molecule has 1 aliphatic heterocycles. The largest absolute Gasteiger partial charge is 0.493 e. The highest BCUT2D eigenvalue weighted by Gasteiger charge is 2.34. The van der Waals surface area contributed by atoms with E-state index in [9.17, 15) is 14.0 Å². The van der Waals surface area contributed by atoms with Gasteiger partial charge in [0.05, 0.1) is 46.6 Å². The summed E-state index contributed by atoms with van der Waals surface area (Å²) in [4.78, 5) is 32.3. The highest BCUT2D eigenvalue weighted by Crippen LogP contribution is 2.36. The molecule has 0 aliphatic carbocycles.